The molecule has 0 radical (unpaired) electrons. The molecule has 1 aromatic carbocycles. The van der Waals surface area contributed by atoms with Crippen LogP contribution in [0.15, 0.2) is 23.1 Å². The molecule has 6 heteroatoms. The van der Waals surface area contributed by atoms with Gasteiger partial charge in [-0.05, 0) is 25.1 Å². The zero-order valence-corrected chi connectivity index (χ0v) is 10.8. The van der Waals surface area contributed by atoms with E-state index >= 15 is 0 Å². The molecular formula is C11H12ClNO3S. The molecule has 0 aliphatic heterocycles. The molecule has 4 nitrogen and oxygen atoms in total. The summed E-state index contributed by atoms with van der Waals surface area (Å²) in [5.74, 6) is -0.895. The molecule has 0 bridgehead atoms. The minimum Gasteiger partial charge on any atom is -0.478 e. The molecule has 0 aliphatic carbocycles. The third-order valence-electron chi connectivity index (χ3n) is 1.91. The molecule has 0 heterocycles. The molecule has 0 spiro atoms. The Morgan fingerprint density at radius 2 is 2.18 bits per heavy atom. The van der Waals surface area contributed by atoms with E-state index in [0.717, 1.165) is 0 Å². The Hall–Kier alpha value is -1.20. The van der Waals surface area contributed by atoms with Crippen molar-refractivity contribution in [1.82, 2.24) is 5.32 Å². The predicted molar refractivity (Wildman–Crippen MR) is 67.8 cm³/mol. The van der Waals surface area contributed by atoms with Gasteiger partial charge in [0, 0.05) is 11.4 Å². The van der Waals surface area contributed by atoms with Crippen molar-refractivity contribution in [3.05, 3.63) is 28.8 Å². The van der Waals surface area contributed by atoms with Gasteiger partial charge in [-0.1, -0.05) is 11.6 Å². The average Bonchev–Trinajstić information content (AvgIpc) is 2.28. The van der Waals surface area contributed by atoms with Crippen LogP contribution in [-0.4, -0.2) is 29.3 Å². The smallest absolute Gasteiger partial charge is 0.337 e. The number of benzene rings is 1. The van der Waals surface area contributed by atoms with E-state index in [0.29, 0.717) is 11.4 Å². The molecule has 0 aliphatic rings. The number of nitrogens with one attached hydrogen (secondary N) is 1. The molecule has 1 aromatic rings. The van der Waals surface area contributed by atoms with Crippen LogP contribution >= 0.6 is 23.4 Å². The highest BCUT2D eigenvalue weighted by Gasteiger charge is 2.10. The highest BCUT2D eigenvalue weighted by Crippen LogP contribution is 2.24. The maximum absolute atomic E-state index is 11.2. The lowest BCUT2D eigenvalue weighted by Crippen LogP contribution is -2.24. The van der Waals surface area contributed by atoms with Gasteiger partial charge in [0.1, 0.15) is 0 Å². The van der Waals surface area contributed by atoms with Crippen LogP contribution in [-0.2, 0) is 4.79 Å². The Bertz CT molecular complexity index is 437. The number of hydrogen-bond acceptors (Lipinski definition) is 3. The molecule has 0 atom stereocenters. The summed E-state index contributed by atoms with van der Waals surface area (Å²) < 4.78 is 0. The van der Waals surface area contributed by atoms with Gasteiger partial charge in [-0.25, -0.2) is 4.79 Å². The van der Waals surface area contributed by atoms with Gasteiger partial charge in [0.15, 0.2) is 0 Å². The highest BCUT2D eigenvalue weighted by atomic mass is 35.5. The summed E-state index contributed by atoms with van der Waals surface area (Å²) in [6.07, 6.45) is 0. The number of rotatable bonds is 5. The maximum atomic E-state index is 11.2. The Kier molecular flexibility index (Phi) is 5.31. The highest BCUT2D eigenvalue weighted by molar-refractivity contribution is 8.00. The number of carbonyl (C=O) groups is 2. The Balaban J connectivity index is 2.69. The Labute approximate surface area is 108 Å². The normalized spacial score (nSPS) is 10.0. The van der Waals surface area contributed by atoms with Crippen molar-refractivity contribution >= 4 is 35.2 Å². The van der Waals surface area contributed by atoms with Crippen LogP contribution in [0.1, 0.15) is 17.3 Å². The second kappa shape index (κ2) is 6.51. The summed E-state index contributed by atoms with van der Waals surface area (Å²) >= 11 is 7.01. The van der Waals surface area contributed by atoms with E-state index in [2.05, 4.69) is 5.32 Å². The van der Waals surface area contributed by atoms with Gasteiger partial charge in [-0.15, -0.1) is 11.8 Å². The van der Waals surface area contributed by atoms with Crippen molar-refractivity contribution in [2.45, 2.75) is 11.8 Å². The molecule has 1 rings (SSSR count). The van der Waals surface area contributed by atoms with Gasteiger partial charge in [-0.3, -0.25) is 4.79 Å². The monoisotopic (exact) mass is 273 g/mol. The lowest BCUT2D eigenvalue weighted by atomic mass is 10.2. The van der Waals surface area contributed by atoms with Crippen molar-refractivity contribution in [3.63, 3.8) is 0 Å². The number of carboxylic acids is 1. The third kappa shape index (κ3) is 4.28. The van der Waals surface area contributed by atoms with Crippen LogP contribution in [0, 0.1) is 0 Å². The minimum atomic E-state index is -1.07. The molecule has 1 amide bonds. The number of aromatic carboxylic acids is 1. The predicted octanol–water partition coefficient (Wildman–Crippen LogP) is 2.27. The fourth-order valence-corrected chi connectivity index (χ4v) is 2.12. The van der Waals surface area contributed by atoms with E-state index in [4.69, 9.17) is 16.7 Å². The number of amides is 1. The first-order valence-electron chi connectivity index (χ1n) is 4.97. The van der Waals surface area contributed by atoms with Crippen LogP contribution < -0.4 is 5.32 Å². The van der Waals surface area contributed by atoms with E-state index in [9.17, 15) is 9.59 Å². The fourth-order valence-electron chi connectivity index (χ4n) is 1.16. The van der Waals surface area contributed by atoms with Crippen LogP contribution in [0.25, 0.3) is 0 Å². The Morgan fingerprint density at radius 1 is 1.47 bits per heavy atom. The van der Waals surface area contributed by atoms with E-state index < -0.39 is 5.97 Å². The van der Waals surface area contributed by atoms with Gasteiger partial charge in [0.2, 0.25) is 5.91 Å². The average molecular weight is 274 g/mol. The van der Waals surface area contributed by atoms with Crippen molar-refractivity contribution in [2.24, 2.45) is 0 Å². The lowest BCUT2D eigenvalue weighted by Gasteiger charge is -2.04. The van der Waals surface area contributed by atoms with Crippen molar-refractivity contribution < 1.29 is 14.7 Å². The first kappa shape index (κ1) is 13.9. The maximum Gasteiger partial charge on any atom is 0.337 e. The first-order chi connectivity index (χ1) is 8.04. The zero-order chi connectivity index (χ0) is 12.8. The van der Waals surface area contributed by atoms with Gasteiger partial charge in [-0.2, -0.15) is 0 Å². The van der Waals surface area contributed by atoms with E-state index in [1.807, 2.05) is 6.92 Å². The second-order valence-corrected chi connectivity index (χ2v) is 4.64. The summed E-state index contributed by atoms with van der Waals surface area (Å²) in [6, 6.07) is 4.68. The second-order valence-electron chi connectivity index (χ2n) is 3.19. The summed E-state index contributed by atoms with van der Waals surface area (Å²) in [6.45, 7) is 2.42. The van der Waals surface area contributed by atoms with Crippen LogP contribution in [0.4, 0.5) is 0 Å². The van der Waals surface area contributed by atoms with Gasteiger partial charge in [0.25, 0.3) is 0 Å². The van der Waals surface area contributed by atoms with Crippen molar-refractivity contribution in [1.29, 1.82) is 0 Å². The third-order valence-corrected chi connectivity index (χ3v) is 3.24. The van der Waals surface area contributed by atoms with Crippen LogP contribution in [0.3, 0.4) is 0 Å². The van der Waals surface area contributed by atoms with E-state index in [-0.39, 0.29) is 22.2 Å². The summed E-state index contributed by atoms with van der Waals surface area (Å²) in [5.41, 5.74) is 0.0487. The molecule has 92 valence electrons. The minimum absolute atomic E-state index is 0.0487. The van der Waals surface area contributed by atoms with E-state index in [1.54, 1.807) is 6.07 Å². The lowest BCUT2D eigenvalue weighted by molar-refractivity contribution is -0.118. The standard InChI is InChI=1S/C11H12ClNO3S/c1-2-13-10(14)6-17-7-3-4-9(12)8(5-7)11(15)16/h3-5H,2,6H2,1H3,(H,13,14)(H,15,16). The Morgan fingerprint density at radius 3 is 2.76 bits per heavy atom. The van der Waals surface area contributed by atoms with Gasteiger partial charge < -0.3 is 10.4 Å². The quantitative estimate of drug-likeness (QED) is 0.808. The van der Waals surface area contributed by atoms with Gasteiger partial charge in [0.05, 0.1) is 16.3 Å². The molecule has 17 heavy (non-hydrogen) atoms. The summed E-state index contributed by atoms with van der Waals surface area (Å²) in [7, 11) is 0. The molecule has 0 saturated carbocycles. The number of carbonyl (C=O) groups excluding carboxylic acids is 1. The summed E-state index contributed by atoms with van der Waals surface area (Å²) in [5, 5.41) is 11.7. The molecule has 0 unspecified atom stereocenters. The van der Waals surface area contributed by atoms with Gasteiger partial charge >= 0.3 is 5.97 Å². The number of carboxylic acid groups (broad SMARTS) is 1. The molecule has 0 fully saturated rings. The number of halogens is 1. The fraction of sp³-hybridized carbons (Fsp3) is 0.273. The van der Waals surface area contributed by atoms with E-state index in [1.165, 1.54) is 23.9 Å². The van der Waals surface area contributed by atoms with Crippen molar-refractivity contribution in [3.8, 4) is 0 Å². The molecule has 0 aromatic heterocycles. The van der Waals surface area contributed by atoms with Crippen LogP contribution in [0.5, 0.6) is 0 Å². The number of thioether (sulfide) groups is 1. The van der Waals surface area contributed by atoms with Crippen molar-refractivity contribution in [2.75, 3.05) is 12.3 Å². The zero-order valence-electron chi connectivity index (χ0n) is 9.20. The van der Waals surface area contributed by atoms with Crippen LogP contribution in [0.2, 0.25) is 5.02 Å². The first-order valence-corrected chi connectivity index (χ1v) is 6.33. The largest absolute Gasteiger partial charge is 0.478 e. The molecular weight excluding hydrogens is 262 g/mol. The SMILES string of the molecule is CCNC(=O)CSc1ccc(Cl)c(C(=O)O)c1. The molecule has 0 saturated heterocycles. The topological polar surface area (TPSA) is 66.4 Å². The molecule has 2 N–H and O–H groups in total. The summed E-state index contributed by atoms with van der Waals surface area (Å²) in [4.78, 5) is 22.8. The number of hydrogen-bond donors (Lipinski definition) is 2.